The summed E-state index contributed by atoms with van der Waals surface area (Å²) in [6, 6.07) is 18.1. The molecule has 0 aliphatic rings. The summed E-state index contributed by atoms with van der Waals surface area (Å²) in [6.45, 7) is 13.1. The molecule has 0 amide bonds. The van der Waals surface area contributed by atoms with Gasteiger partial charge in [-0.3, -0.25) is 0 Å². The van der Waals surface area contributed by atoms with Crippen LogP contribution in [0.3, 0.4) is 0 Å². The zero-order chi connectivity index (χ0) is 16.7. The summed E-state index contributed by atoms with van der Waals surface area (Å²) >= 11 is 0. The number of rotatable bonds is 8. The smallest absolute Gasteiger partial charge is 0.0814 e. The van der Waals surface area contributed by atoms with Crippen LogP contribution in [0.2, 0.25) is 0 Å². The summed E-state index contributed by atoms with van der Waals surface area (Å²) < 4.78 is 0. The van der Waals surface area contributed by atoms with Crippen molar-refractivity contribution >= 4 is 39.0 Å². The van der Waals surface area contributed by atoms with Crippen molar-refractivity contribution in [2.24, 2.45) is 0 Å². The Labute approximate surface area is 151 Å². The molecule has 0 saturated carbocycles. The first-order valence-electron chi connectivity index (χ1n) is 8.68. The second kappa shape index (κ2) is 10.4. The minimum Gasteiger partial charge on any atom is -0.372 e. The average molecular weight is 342 g/mol. The van der Waals surface area contributed by atoms with Gasteiger partial charge in [0.15, 0.2) is 0 Å². The molecule has 2 nitrogen and oxygen atoms in total. The zero-order valence-corrected chi connectivity index (χ0v) is 15.8. The van der Waals surface area contributed by atoms with Crippen LogP contribution in [0, 0.1) is 0 Å². The highest BCUT2D eigenvalue weighted by Crippen LogP contribution is 2.18. The van der Waals surface area contributed by atoms with E-state index in [4.69, 9.17) is 0 Å². The number of benzene rings is 2. The molecule has 2 aromatic carbocycles. The Morgan fingerprint density at radius 1 is 0.583 bits per heavy atom. The largest absolute Gasteiger partial charge is 0.372 e. The summed E-state index contributed by atoms with van der Waals surface area (Å²) in [7, 11) is 0.722. The fourth-order valence-electron chi connectivity index (χ4n) is 2.86. The minimum atomic E-state index is 0. The maximum absolute atomic E-state index is 2.38. The molecule has 0 atom stereocenters. The van der Waals surface area contributed by atoms with Crippen LogP contribution in [0.1, 0.15) is 27.7 Å². The molecule has 0 spiro atoms. The summed E-state index contributed by atoms with van der Waals surface area (Å²) in [6.07, 6.45) is 0. The lowest BCUT2D eigenvalue weighted by Gasteiger charge is -2.21. The summed E-state index contributed by atoms with van der Waals surface area (Å²) in [5, 5.41) is 2.80. The van der Waals surface area contributed by atoms with E-state index in [9.17, 15) is 0 Å². The molecular formula is C20H32BN2P. The van der Waals surface area contributed by atoms with Gasteiger partial charge in [-0.25, -0.2) is 0 Å². The van der Waals surface area contributed by atoms with Gasteiger partial charge in [-0.15, -0.1) is 0 Å². The summed E-state index contributed by atoms with van der Waals surface area (Å²) in [4.78, 5) is 4.76. The molecule has 0 N–H and O–H groups in total. The molecule has 4 heteroatoms. The van der Waals surface area contributed by atoms with Crippen molar-refractivity contribution < 1.29 is 0 Å². The fraction of sp³-hybridized carbons (Fsp3) is 0.400. The molecule has 0 saturated heterocycles. The van der Waals surface area contributed by atoms with Crippen molar-refractivity contribution in [3.8, 4) is 0 Å². The van der Waals surface area contributed by atoms with E-state index in [1.807, 2.05) is 0 Å². The Morgan fingerprint density at radius 3 is 1.12 bits per heavy atom. The Kier molecular flexibility index (Phi) is 8.93. The summed E-state index contributed by atoms with van der Waals surface area (Å²) in [5.74, 6) is 0. The standard InChI is InChI=1S/C20H29N2P.BH3/c1-5-21(6-2)17-9-13-19(14-10-17)23-20-15-11-18(12-16-20)22(7-3)8-4;/h9-16,23H,5-8H2,1-4H3;1H3. The molecule has 0 aliphatic heterocycles. The van der Waals surface area contributed by atoms with Crippen molar-refractivity contribution in [3.05, 3.63) is 48.5 Å². The lowest BCUT2D eigenvalue weighted by molar-refractivity contribution is 0.866. The normalized spacial score (nSPS) is 10.2. The van der Waals surface area contributed by atoms with Gasteiger partial charge in [0.2, 0.25) is 0 Å². The summed E-state index contributed by atoms with van der Waals surface area (Å²) in [5.41, 5.74) is 2.64. The van der Waals surface area contributed by atoms with Crippen molar-refractivity contribution in [1.82, 2.24) is 0 Å². The molecule has 2 rings (SSSR count). The van der Waals surface area contributed by atoms with Crippen LogP contribution in [0.15, 0.2) is 48.5 Å². The van der Waals surface area contributed by atoms with Crippen LogP contribution < -0.4 is 20.4 Å². The van der Waals surface area contributed by atoms with Gasteiger partial charge in [-0.05, 0) is 62.6 Å². The Hall–Kier alpha value is -1.47. The zero-order valence-electron chi connectivity index (χ0n) is 14.8. The van der Waals surface area contributed by atoms with Gasteiger partial charge in [0.1, 0.15) is 0 Å². The van der Waals surface area contributed by atoms with Gasteiger partial charge in [-0.1, -0.05) is 32.8 Å². The molecule has 0 fully saturated rings. The Bertz CT molecular complexity index is 522. The lowest BCUT2D eigenvalue weighted by atomic mass is 10.3. The maximum Gasteiger partial charge on any atom is 0.0814 e. The SMILES string of the molecule is B.CCN(CC)c1ccc(Pc2ccc(N(CC)CC)cc2)cc1. The van der Waals surface area contributed by atoms with E-state index >= 15 is 0 Å². The number of hydrogen-bond acceptors (Lipinski definition) is 2. The van der Waals surface area contributed by atoms with E-state index in [0.29, 0.717) is 0 Å². The van der Waals surface area contributed by atoms with E-state index in [1.165, 1.54) is 22.0 Å². The quantitative estimate of drug-likeness (QED) is 0.538. The molecule has 2 aromatic rings. The van der Waals surface area contributed by atoms with E-state index in [2.05, 4.69) is 86.0 Å². The lowest BCUT2D eigenvalue weighted by Crippen LogP contribution is -2.22. The topological polar surface area (TPSA) is 6.48 Å². The van der Waals surface area contributed by atoms with Crippen LogP contribution in [0.25, 0.3) is 0 Å². The van der Waals surface area contributed by atoms with Crippen LogP contribution in [-0.2, 0) is 0 Å². The van der Waals surface area contributed by atoms with Crippen molar-refractivity contribution in [1.29, 1.82) is 0 Å². The van der Waals surface area contributed by atoms with Crippen molar-refractivity contribution in [3.63, 3.8) is 0 Å². The van der Waals surface area contributed by atoms with Crippen LogP contribution >= 0.6 is 8.58 Å². The monoisotopic (exact) mass is 342 g/mol. The molecule has 0 aromatic heterocycles. The number of hydrogen-bond donors (Lipinski definition) is 0. The van der Waals surface area contributed by atoms with Gasteiger partial charge >= 0.3 is 0 Å². The van der Waals surface area contributed by atoms with Crippen molar-refractivity contribution in [2.75, 3.05) is 36.0 Å². The van der Waals surface area contributed by atoms with Crippen molar-refractivity contribution in [2.45, 2.75) is 27.7 Å². The number of anilines is 2. The van der Waals surface area contributed by atoms with Gasteiger partial charge in [0, 0.05) is 37.6 Å². The van der Waals surface area contributed by atoms with E-state index in [-0.39, 0.29) is 8.41 Å². The molecular weight excluding hydrogens is 310 g/mol. The molecule has 0 heterocycles. The maximum atomic E-state index is 2.38. The van der Waals surface area contributed by atoms with E-state index in [0.717, 1.165) is 34.8 Å². The van der Waals surface area contributed by atoms with Gasteiger partial charge in [0.25, 0.3) is 0 Å². The van der Waals surface area contributed by atoms with E-state index < -0.39 is 0 Å². The molecule has 0 radical (unpaired) electrons. The third-order valence-corrected chi connectivity index (χ3v) is 5.52. The first-order chi connectivity index (χ1) is 11.2. The first-order valence-corrected chi connectivity index (χ1v) is 9.68. The highest BCUT2D eigenvalue weighted by molar-refractivity contribution is 7.55. The van der Waals surface area contributed by atoms with Gasteiger partial charge in [-0.2, -0.15) is 0 Å². The predicted molar refractivity (Wildman–Crippen MR) is 118 cm³/mol. The molecule has 24 heavy (non-hydrogen) atoms. The Balaban J connectivity index is 0.00000288. The fourth-order valence-corrected chi connectivity index (χ4v) is 3.86. The van der Waals surface area contributed by atoms with Crippen LogP contribution in [0.5, 0.6) is 0 Å². The first kappa shape index (κ1) is 20.6. The molecule has 0 aliphatic carbocycles. The van der Waals surface area contributed by atoms with E-state index in [1.54, 1.807) is 0 Å². The third-order valence-electron chi connectivity index (χ3n) is 4.28. The molecule has 0 bridgehead atoms. The second-order valence-corrected chi connectivity index (χ2v) is 6.97. The average Bonchev–Trinajstić information content (AvgIpc) is 2.60. The van der Waals surface area contributed by atoms with Crippen LogP contribution in [-0.4, -0.2) is 34.6 Å². The highest BCUT2D eigenvalue weighted by Gasteiger charge is 2.04. The third kappa shape index (κ3) is 5.28. The molecule has 130 valence electrons. The van der Waals surface area contributed by atoms with Gasteiger partial charge in [0.05, 0.1) is 8.41 Å². The number of nitrogens with zero attached hydrogens (tertiary/aromatic N) is 2. The Morgan fingerprint density at radius 2 is 0.875 bits per heavy atom. The van der Waals surface area contributed by atoms with Crippen LogP contribution in [0.4, 0.5) is 11.4 Å². The predicted octanol–water partition coefficient (Wildman–Crippen LogP) is 2.82. The highest BCUT2D eigenvalue weighted by atomic mass is 31.1. The second-order valence-electron chi connectivity index (χ2n) is 5.56. The minimum absolute atomic E-state index is 0. The van der Waals surface area contributed by atoms with Gasteiger partial charge < -0.3 is 9.80 Å². The molecule has 0 unspecified atom stereocenters.